The van der Waals surface area contributed by atoms with Crippen LogP contribution in [0, 0.1) is 0 Å². The first-order valence-corrected chi connectivity index (χ1v) is 6.08. The minimum atomic E-state index is -0.0685. The smallest absolute Gasteiger partial charge is 0.125 e. The molecule has 96 valence electrons. The summed E-state index contributed by atoms with van der Waals surface area (Å²) in [7, 11) is 1.63. The van der Waals surface area contributed by atoms with Crippen molar-refractivity contribution in [2.24, 2.45) is 5.73 Å². The Balaban J connectivity index is 2.37. The third kappa shape index (κ3) is 2.49. The molecule has 0 spiro atoms. The average molecular weight is 266 g/mol. The first kappa shape index (κ1) is 12.9. The molecular weight excluding hydrogens is 250 g/mol. The molecule has 0 aliphatic heterocycles. The van der Waals surface area contributed by atoms with E-state index in [0.29, 0.717) is 11.6 Å². The summed E-state index contributed by atoms with van der Waals surface area (Å²) < 4.78 is 7.31. The molecule has 0 aliphatic rings. The third-order valence-electron chi connectivity index (χ3n) is 2.84. The number of nitrogens with zero attached hydrogens (tertiary/aromatic N) is 2. The standard InChI is InChI=1S/C13H16ClN3O/c1-9(15)12-6-16-8-17(12)7-10-11(14)4-3-5-13(10)18-2/h3-6,8-9H,7,15H2,1-2H3/t9-/m0/s1. The van der Waals surface area contributed by atoms with Crippen LogP contribution in [0.3, 0.4) is 0 Å². The molecule has 0 unspecified atom stereocenters. The molecule has 0 fully saturated rings. The summed E-state index contributed by atoms with van der Waals surface area (Å²) >= 11 is 6.21. The molecule has 1 aromatic heterocycles. The van der Waals surface area contributed by atoms with E-state index in [1.165, 1.54) is 0 Å². The zero-order valence-electron chi connectivity index (χ0n) is 10.4. The van der Waals surface area contributed by atoms with Gasteiger partial charge in [-0.3, -0.25) is 0 Å². The predicted molar refractivity (Wildman–Crippen MR) is 71.9 cm³/mol. The van der Waals surface area contributed by atoms with Gasteiger partial charge in [0.1, 0.15) is 5.75 Å². The lowest BCUT2D eigenvalue weighted by Gasteiger charge is -2.14. The number of hydrogen-bond donors (Lipinski definition) is 1. The quantitative estimate of drug-likeness (QED) is 0.925. The number of ether oxygens (including phenoxy) is 1. The van der Waals surface area contributed by atoms with Gasteiger partial charge in [-0.1, -0.05) is 17.7 Å². The van der Waals surface area contributed by atoms with E-state index in [1.54, 1.807) is 19.6 Å². The summed E-state index contributed by atoms with van der Waals surface area (Å²) in [5.74, 6) is 0.770. The van der Waals surface area contributed by atoms with Gasteiger partial charge in [0.25, 0.3) is 0 Å². The van der Waals surface area contributed by atoms with E-state index in [4.69, 9.17) is 22.1 Å². The zero-order valence-corrected chi connectivity index (χ0v) is 11.2. The van der Waals surface area contributed by atoms with Crippen molar-refractivity contribution in [1.29, 1.82) is 0 Å². The Hall–Kier alpha value is -1.52. The number of benzene rings is 1. The van der Waals surface area contributed by atoms with E-state index in [0.717, 1.165) is 17.0 Å². The lowest BCUT2D eigenvalue weighted by Crippen LogP contribution is -2.13. The van der Waals surface area contributed by atoms with Crippen molar-refractivity contribution in [2.45, 2.75) is 19.5 Å². The van der Waals surface area contributed by atoms with Gasteiger partial charge in [0, 0.05) is 22.8 Å². The van der Waals surface area contributed by atoms with Gasteiger partial charge in [0.05, 0.1) is 25.7 Å². The maximum atomic E-state index is 6.21. The molecule has 0 aliphatic carbocycles. The molecule has 5 heteroatoms. The number of nitrogens with two attached hydrogens (primary N) is 1. The first-order valence-electron chi connectivity index (χ1n) is 5.70. The van der Waals surface area contributed by atoms with E-state index in [2.05, 4.69) is 4.98 Å². The lowest BCUT2D eigenvalue weighted by atomic mass is 10.2. The number of hydrogen-bond acceptors (Lipinski definition) is 3. The van der Waals surface area contributed by atoms with Gasteiger partial charge < -0.3 is 15.0 Å². The fourth-order valence-corrected chi connectivity index (χ4v) is 2.12. The van der Waals surface area contributed by atoms with Gasteiger partial charge in [-0.2, -0.15) is 0 Å². The summed E-state index contributed by atoms with van der Waals surface area (Å²) in [6, 6.07) is 5.54. The zero-order chi connectivity index (χ0) is 13.1. The molecule has 0 amide bonds. The van der Waals surface area contributed by atoms with E-state index >= 15 is 0 Å². The van der Waals surface area contributed by atoms with Crippen LogP contribution in [-0.2, 0) is 6.54 Å². The van der Waals surface area contributed by atoms with Gasteiger partial charge in [0.2, 0.25) is 0 Å². The summed E-state index contributed by atoms with van der Waals surface area (Å²) in [5, 5.41) is 0.679. The molecule has 18 heavy (non-hydrogen) atoms. The van der Waals surface area contributed by atoms with Crippen LogP contribution in [0.5, 0.6) is 5.75 Å². The van der Waals surface area contributed by atoms with Crippen molar-refractivity contribution >= 4 is 11.6 Å². The topological polar surface area (TPSA) is 53.1 Å². The molecule has 0 bridgehead atoms. The van der Waals surface area contributed by atoms with E-state index in [1.807, 2.05) is 29.7 Å². The Morgan fingerprint density at radius 2 is 2.28 bits per heavy atom. The van der Waals surface area contributed by atoms with Gasteiger partial charge in [-0.05, 0) is 19.1 Å². The predicted octanol–water partition coefficient (Wildman–Crippen LogP) is 2.61. The minimum Gasteiger partial charge on any atom is -0.496 e. The normalized spacial score (nSPS) is 12.4. The Kier molecular flexibility index (Phi) is 3.89. The van der Waals surface area contributed by atoms with E-state index < -0.39 is 0 Å². The molecule has 4 nitrogen and oxygen atoms in total. The number of methoxy groups -OCH3 is 1. The van der Waals surface area contributed by atoms with Crippen LogP contribution in [0.15, 0.2) is 30.7 Å². The summed E-state index contributed by atoms with van der Waals surface area (Å²) in [4.78, 5) is 4.12. The maximum Gasteiger partial charge on any atom is 0.125 e. The van der Waals surface area contributed by atoms with Crippen LogP contribution in [0.25, 0.3) is 0 Å². The molecule has 0 saturated carbocycles. The van der Waals surface area contributed by atoms with Crippen molar-refractivity contribution in [3.05, 3.63) is 47.0 Å². The van der Waals surface area contributed by atoms with Crippen molar-refractivity contribution in [3.63, 3.8) is 0 Å². The number of halogens is 1. The lowest BCUT2D eigenvalue weighted by molar-refractivity contribution is 0.408. The Labute approximate surface area is 111 Å². The first-order chi connectivity index (χ1) is 8.63. The van der Waals surface area contributed by atoms with Gasteiger partial charge >= 0.3 is 0 Å². The highest BCUT2D eigenvalue weighted by molar-refractivity contribution is 6.31. The Bertz CT molecular complexity index is 537. The van der Waals surface area contributed by atoms with E-state index in [-0.39, 0.29) is 6.04 Å². The van der Waals surface area contributed by atoms with Crippen LogP contribution >= 0.6 is 11.6 Å². The van der Waals surface area contributed by atoms with Gasteiger partial charge in [-0.15, -0.1) is 0 Å². The summed E-state index contributed by atoms with van der Waals surface area (Å²) in [6.45, 7) is 2.52. The molecular formula is C13H16ClN3O. The SMILES string of the molecule is COc1cccc(Cl)c1Cn1cncc1[C@H](C)N. The molecule has 2 N–H and O–H groups in total. The van der Waals surface area contributed by atoms with Gasteiger partial charge in [0.15, 0.2) is 0 Å². The van der Waals surface area contributed by atoms with Crippen LogP contribution in [-0.4, -0.2) is 16.7 Å². The monoisotopic (exact) mass is 265 g/mol. The molecule has 0 saturated heterocycles. The van der Waals surface area contributed by atoms with Crippen molar-refractivity contribution in [1.82, 2.24) is 9.55 Å². The molecule has 1 heterocycles. The van der Waals surface area contributed by atoms with Crippen LogP contribution in [0.4, 0.5) is 0 Å². The van der Waals surface area contributed by atoms with Gasteiger partial charge in [-0.25, -0.2) is 4.98 Å². The third-order valence-corrected chi connectivity index (χ3v) is 3.19. The second-order valence-corrected chi connectivity index (χ2v) is 4.56. The summed E-state index contributed by atoms with van der Waals surface area (Å²) in [5.41, 5.74) is 7.80. The maximum absolute atomic E-state index is 6.21. The second-order valence-electron chi connectivity index (χ2n) is 4.16. The molecule has 0 radical (unpaired) electrons. The highest BCUT2D eigenvalue weighted by Crippen LogP contribution is 2.27. The number of imidazole rings is 1. The minimum absolute atomic E-state index is 0.0685. The molecule has 1 atom stereocenters. The van der Waals surface area contributed by atoms with E-state index in [9.17, 15) is 0 Å². The molecule has 2 aromatic rings. The van der Waals surface area contributed by atoms with Crippen LogP contribution in [0.1, 0.15) is 24.2 Å². The second kappa shape index (κ2) is 5.42. The van der Waals surface area contributed by atoms with Crippen LogP contribution < -0.4 is 10.5 Å². The Morgan fingerprint density at radius 3 is 2.94 bits per heavy atom. The van der Waals surface area contributed by atoms with Crippen LogP contribution in [0.2, 0.25) is 5.02 Å². The summed E-state index contributed by atoms with van der Waals surface area (Å²) in [6.07, 6.45) is 3.52. The Morgan fingerprint density at radius 1 is 1.50 bits per heavy atom. The van der Waals surface area contributed by atoms with Crippen molar-refractivity contribution in [3.8, 4) is 5.75 Å². The largest absolute Gasteiger partial charge is 0.496 e. The van der Waals surface area contributed by atoms with Crippen molar-refractivity contribution in [2.75, 3.05) is 7.11 Å². The fourth-order valence-electron chi connectivity index (χ4n) is 1.90. The molecule has 2 rings (SSSR count). The average Bonchev–Trinajstić information content (AvgIpc) is 2.80. The molecule has 1 aromatic carbocycles. The highest BCUT2D eigenvalue weighted by Gasteiger charge is 2.12. The number of rotatable bonds is 4. The fraction of sp³-hybridized carbons (Fsp3) is 0.308. The van der Waals surface area contributed by atoms with Crippen molar-refractivity contribution < 1.29 is 4.74 Å². The highest BCUT2D eigenvalue weighted by atomic mass is 35.5. The number of aromatic nitrogens is 2.